The number of aryl methyl sites for hydroxylation is 2. The minimum absolute atomic E-state index is 0.190. The summed E-state index contributed by atoms with van der Waals surface area (Å²) in [7, 11) is 0. The largest absolute Gasteiger partial charge is 0.481 e. The van der Waals surface area contributed by atoms with Crippen LogP contribution < -0.4 is 10.1 Å². The van der Waals surface area contributed by atoms with Gasteiger partial charge in [0, 0.05) is 10.7 Å². The van der Waals surface area contributed by atoms with Gasteiger partial charge in [-0.1, -0.05) is 23.7 Å². The Labute approximate surface area is 141 Å². The molecule has 1 N–H and O–H groups in total. The maximum absolute atomic E-state index is 12.2. The zero-order valence-electron chi connectivity index (χ0n) is 13.1. The second kappa shape index (κ2) is 7.05. The van der Waals surface area contributed by atoms with Gasteiger partial charge in [0.15, 0.2) is 6.10 Å². The normalized spacial score (nSPS) is 14.7. The topological polar surface area (TPSA) is 38.3 Å². The fourth-order valence-electron chi connectivity index (χ4n) is 2.85. The average Bonchev–Trinajstić information content (AvgIpc) is 2.54. The van der Waals surface area contributed by atoms with Gasteiger partial charge in [-0.05, 0) is 74.1 Å². The van der Waals surface area contributed by atoms with E-state index in [4.69, 9.17) is 16.3 Å². The fourth-order valence-corrected chi connectivity index (χ4v) is 3.04. The van der Waals surface area contributed by atoms with Crippen LogP contribution in [0.2, 0.25) is 5.02 Å². The third-order valence-corrected chi connectivity index (χ3v) is 4.33. The van der Waals surface area contributed by atoms with Crippen molar-refractivity contribution in [3.8, 4) is 5.75 Å². The standard InChI is InChI=1S/C19H20ClNO2/c1-13(19(22)21-17-8-4-7-16(20)12-17)23-18-10-9-14-5-2-3-6-15(14)11-18/h4,7-13H,2-3,5-6H2,1H3,(H,21,22)/t13-/m1/s1. The molecule has 0 saturated carbocycles. The molecule has 3 rings (SSSR count). The lowest BCUT2D eigenvalue weighted by molar-refractivity contribution is -0.122. The molecular weight excluding hydrogens is 310 g/mol. The van der Waals surface area contributed by atoms with E-state index in [1.807, 2.05) is 6.07 Å². The second-order valence-electron chi connectivity index (χ2n) is 5.90. The summed E-state index contributed by atoms with van der Waals surface area (Å²) in [6.07, 6.45) is 4.14. The van der Waals surface area contributed by atoms with Crippen molar-refractivity contribution < 1.29 is 9.53 Å². The zero-order chi connectivity index (χ0) is 16.2. The zero-order valence-corrected chi connectivity index (χ0v) is 13.9. The van der Waals surface area contributed by atoms with Gasteiger partial charge in [0.25, 0.3) is 5.91 Å². The van der Waals surface area contributed by atoms with Crippen LogP contribution in [0.25, 0.3) is 0 Å². The number of rotatable bonds is 4. The molecule has 3 nitrogen and oxygen atoms in total. The molecule has 0 saturated heterocycles. The highest BCUT2D eigenvalue weighted by atomic mass is 35.5. The molecule has 0 unspecified atom stereocenters. The number of hydrogen-bond acceptors (Lipinski definition) is 2. The molecule has 0 heterocycles. The molecule has 2 aromatic rings. The summed E-state index contributed by atoms with van der Waals surface area (Å²) in [6, 6.07) is 13.2. The summed E-state index contributed by atoms with van der Waals surface area (Å²) in [4.78, 5) is 12.2. The first-order chi connectivity index (χ1) is 11.1. The van der Waals surface area contributed by atoms with Crippen LogP contribution in [-0.4, -0.2) is 12.0 Å². The van der Waals surface area contributed by atoms with Crippen LogP contribution in [0.3, 0.4) is 0 Å². The first-order valence-electron chi connectivity index (χ1n) is 7.97. The number of hydrogen-bond donors (Lipinski definition) is 1. The van der Waals surface area contributed by atoms with Crippen LogP contribution in [0, 0.1) is 0 Å². The van der Waals surface area contributed by atoms with Crippen LogP contribution in [0.15, 0.2) is 42.5 Å². The van der Waals surface area contributed by atoms with Gasteiger partial charge in [0.05, 0.1) is 0 Å². The molecule has 4 heteroatoms. The molecule has 0 aromatic heterocycles. The first kappa shape index (κ1) is 15.9. The molecule has 0 fully saturated rings. The van der Waals surface area contributed by atoms with Gasteiger partial charge >= 0.3 is 0 Å². The molecular formula is C19H20ClNO2. The van der Waals surface area contributed by atoms with Gasteiger partial charge in [-0.3, -0.25) is 4.79 Å². The van der Waals surface area contributed by atoms with Gasteiger partial charge < -0.3 is 10.1 Å². The van der Waals surface area contributed by atoms with Crippen LogP contribution in [0.1, 0.15) is 30.9 Å². The van der Waals surface area contributed by atoms with Crippen LogP contribution in [-0.2, 0) is 17.6 Å². The van der Waals surface area contributed by atoms with E-state index in [9.17, 15) is 4.79 Å². The average molecular weight is 330 g/mol. The highest BCUT2D eigenvalue weighted by Gasteiger charge is 2.16. The Hall–Kier alpha value is -2.00. The monoisotopic (exact) mass is 329 g/mol. The van der Waals surface area contributed by atoms with E-state index >= 15 is 0 Å². The predicted octanol–water partition coefficient (Wildman–Crippen LogP) is 4.62. The molecule has 0 radical (unpaired) electrons. The van der Waals surface area contributed by atoms with Crippen molar-refractivity contribution in [2.24, 2.45) is 0 Å². The first-order valence-corrected chi connectivity index (χ1v) is 8.34. The molecule has 2 aromatic carbocycles. The number of benzene rings is 2. The summed E-state index contributed by atoms with van der Waals surface area (Å²) >= 11 is 5.92. The summed E-state index contributed by atoms with van der Waals surface area (Å²) in [5.74, 6) is 0.560. The van der Waals surface area contributed by atoms with Gasteiger partial charge in [0.1, 0.15) is 5.75 Å². The molecule has 0 aliphatic heterocycles. The Morgan fingerprint density at radius 1 is 1.13 bits per heavy atom. The third-order valence-electron chi connectivity index (χ3n) is 4.09. The number of fused-ring (bicyclic) bond motifs is 1. The Balaban J connectivity index is 1.64. The fraction of sp³-hybridized carbons (Fsp3) is 0.316. The maximum Gasteiger partial charge on any atom is 0.265 e. The summed E-state index contributed by atoms with van der Waals surface area (Å²) in [6.45, 7) is 1.75. The maximum atomic E-state index is 12.2. The smallest absolute Gasteiger partial charge is 0.265 e. The Morgan fingerprint density at radius 3 is 2.70 bits per heavy atom. The van der Waals surface area contributed by atoms with Crippen molar-refractivity contribution in [3.05, 3.63) is 58.6 Å². The summed E-state index contributed by atoms with van der Waals surface area (Å²) in [5.41, 5.74) is 3.42. The van der Waals surface area contributed by atoms with Crippen LogP contribution in [0.5, 0.6) is 5.75 Å². The lowest BCUT2D eigenvalue weighted by Crippen LogP contribution is -2.30. The molecule has 23 heavy (non-hydrogen) atoms. The predicted molar refractivity (Wildman–Crippen MR) is 93.3 cm³/mol. The van der Waals surface area contributed by atoms with Crippen molar-refractivity contribution in [2.75, 3.05) is 5.32 Å². The van der Waals surface area contributed by atoms with E-state index in [0.29, 0.717) is 10.7 Å². The van der Waals surface area contributed by atoms with E-state index in [-0.39, 0.29) is 5.91 Å². The van der Waals surface area contributed by atoms with E-state index in [0.717, 1.165) is 18.6 Å². The second-order valence-corrected chi connectivity index (χ2v) is 6.33. The van der Waals surface area contributed by atoms with Crippen molar-refractivity contribution >= 4 is 23.2 Å². The molecule has 1 aliphatic rings. The van der Waals surface area contributed by atoms with Crippen molar-refractivity contribution in [3.63, 3.8) is 0 Å². The minimum Gasteiger partial charge on any atom is -0.481 e. The molecule has 0 bridgehead atoms. The van der Waals surface area contributed by atoms with E-state index < -0.39 is 6.10 Å². The lowest BCUT2D eigenvalue weighted by atomic mass is 9.92. The van der Waals surface area contributed by atoms with Gasteiger partial charge in [-0.15, -0.1) is 0 Å². The number of ether oxygens (including phenoxy) is 1. The molecule has 0 spiro atoms. The molecule has 1 aliphatic carbocycles. The van der Waals surface area contributed by atoms with Crippen molar-refractivity contribution in [1.82, 2.24) is 0 Å². The quantitative estimate of drug-likeness (QED) is 0.888. The number of anilines is 1. The third kappa shape index (κ3) is 4.05. The van der Waals surface area contributed by atoms with Crippen LogP contribution >= 0.6 is 11.6 Å². The number of carbonyl (C=O) groups excluding carboxylic acids is 1. The Bertz CT molecular complexity index is 714. The number of carbonyl (C=O) groups is 1. The summed E-state index contributed by atoms with van der Waals surface area (Å²) < 4.78 is 5.80. The van der Waals surface area contributed by atoms with Gasteiger partial charge in [-0.25, -0.2) is 0 Å². The number of halogens is 1. The van der Waals surface area contributed by atoms with Crippen molar-refractivity contribution in [1.29, 1.82) is 0 Å². The molecule has 1 atom stereocenters. The van der Waals surface area contributed by atoms with Crippen molar-refractivity contribution in [2.45, 2.75) is 38.7 Å². The van der Waals surface area contributed by atoms with E-state index in [1.165, 1.54) is 24.0 Å². The van der Waals surface area contributed by atoms with Gasteiger partial charge in [0.2, 0.25) is 0 Å². The molecule has 120 valence electrons. The SMILES string of the molecule is C[C@@H](Oc1ccc2c(c1)CCCC2)C(=O)Nc1cccc(Cl)c1. The van der Waals surface area contributed by atoms with Crippen LogP contribution in [0.4, 0.5) is 5.69 Å². The van der Waals surface area contributed by atoms with E-state index in [1.54, 1.807) is 31.2 Å². The number of amides is 1. The van der Waals surface area contributed by atoms with Gasteiger partial charge in [-0.2, -0.15) is 0 Å². The highest BCUT2D eigenvalue weighted by Crippen LogP contribution is 2.26. The van der Waals surface area contributed by atoms with E-state index in [2.05, 4.69) is 17.4 Å². The number of nitrogens with one attached hydrogen (secondary N) is 1. The Kier molecular flexibility index (Phi) is 4.87. The highest BCUT2D eigenvalue weighted by molar-refractivity contribution is 6.30. The lowest BCUT2D eigenvalue weighted by Gasteiger charge is -2.19. The summed E-state index contributed by atoms with van der Waals surface area (Å²) in [5, 5.41) is 3.41. The molecule has 1 amide bonds. The minimum atomic E-state index is -0.573. The Morgan fingerprint density at radius 2 is 1.91 bits per heavy atom.